The van der Waals surface area contributed by atoms with Crippen molar-refractivity contribution >= 4 is 17.8 Å². The Kier molecular flexibility index (Phi) is 3.59. The number of carboxylic acids is 1. The molecule has 118 valence electrons. The van der Waals surface area contributed by atoms with E-state index in [1.54, 1.807) is 0 Å². The monoisotopic (exact) mass is 308 g/mol. The van der Waals surface area contributed by atoms with E-state index in [0.29, 0.717) is 6.42 Å². The van der Waals surface area contributed by atoms with Gasteiger partial charge in [0.25, 0.3) is 5.91 Å². The molecule has 2 aliphatic rings. The fourth-order valence-corrected chi connectivity index (χ4v) is 3.64. The smallest absolute Gasteiger partial charge is 0.433 e. The molecule has 3 unspecified atom stereocenters. The van der Waals surface area contributed by atoms with Crippen LogP contribution in [0.4, 0.5) is 5.88 Å². The summed E-state index contributed by atoms with van der Waals surface area (Å²) in [7, 11) is 0. The molecule has 8 nitrogen and oxygen atoms in total. The van der Waals surface area contributed by atoms with Crippen molar-refractivity contribution in [3.8, 4) is 0 Å². The van der Waals surface area contributed by atoms with Crippen molar-refractivity contribution in [2.24, 2.45) is 5.92 Å². The molecular formula is C14H16N2O6. The highest BCUT2D eigenvalue weighted by Gasteiger charge is 2.48. The highest BCUT2D eigenvalue weighted by Crippen LogP contribution is 2.40. The summed E-state index contributed by atoms with van der Waals surface area (Å²) in [6, 6.07) is 1.34. The highest BCUT2D eigenvalue weighted by atomic mass is 16.6. The second kappa shape index (κ2) is 5.43. The van der Waals surface area contributed by atoms with Crippen LogP contribution >= 0.6 is 0 Å². The Balaban J connectivity index is 1.89. The first-order valence-electron chi connectivity index (χ1n) is 7.28. The maximum atomic E-state index is 12.6. The molecule has 0 bridgehead atoms. The van der Waals surface area contributed by atoms with Crippen LogP contribution in [-0.4, -0.2) is 38.9 Å². The highest BCUT2D eigenvalue weighted by molar-refractivity contribution is 5.95. The lowest BCUT2D eigenvalue weighted by atomic mass is 9.84. The second-order valence-electron chi connectivity index (χ2n) is 5.81. The number of carbonyl (C=O) groups is 2. The summed E-state index contributed by atoms with van der Waals surface area (Å²) in [4.78, 5) is 35.4. The van der Waals surface area contributed by atoms with Gasteiger partial charge >= 0.3 is 11.9 Å². The fraction of sp³-hybridized carbons (Fsp3) is 0.571. The van der Waals surface area contributed by atoms with Gasteiger partial charge in [-0.25, -0.2) is 4.79 Å². The number of fused-ring (bicyclic) bond motifs is 1. The van der Waals surface area contributed by atoms with Crippen LogP contribution in [0.15, 0.2) is 16.5 Å². The topological polar surface area (TPSA) is 114 Å². The van der Waals surface area contributed by atoms with Crippen molar-refractivity contribution in [3.63, 3.8) is 0 Å². The van der Waals surface area contributed by atoms with Crippen LogP contribution in [0.3, 0.4) is 0 Å². The predicted octanol–water partition coefficient (Wildman–Crippen LogP) is 2.05. The average Bonchev–Trinajstić information content (AvgIpc) is 3.11. The first-order valence-corrected chi connectivity index (χ1v) is 7.28. The van der Waals surface area contributed by atoms with Crippen molar-refractivity contribution in [1.29, 1.82) is 0 Å². The second-order valence-corrected chi connectivity index (χ2v) is 5.81. The Bertz CT molecular complexity index is 625. The van der Waals surface area contributed by atoms with Gasteiger partial charge in [-0.2, -0.15) is 0 Å². The van der Waals surface area contributed by atoms with Crippen LogP contribution in [0.2, 0.25) is 0 Å². The zero-order valence-electron chi connectivity index (χ0n) is 11.8. The van der Waals surface area contributed by atoms with Crippen LogP contribution < -0.4 is 0 Å². The SMILES string of the molecule is O=C(O)C1CC2CCCCC2N1C(=O)c1ccc([N+](=O)[O-])o1. The molecule has 1 N–H and O–H groups in total. The molecule has 1 amide bonds. The van der Waals surface area contributed by atoms with Gasteiger partial charge in [0.1, 0.15) is 11.0 Å². The van der Waals surface area contributed by atoms with Crippen LogP contribution in [0.1, 0.15) is 42.7 Å². The number of carboxylic acid groups (broad SMARTS) is 1. The van der Waals surface area contributed by atoms with E-state index in [-0.39, 0.29) is 17.7 Å². The quantitative estimate of drug-likeness (QED) is 0.675. The number of rotatable bonds is 3. The number of nitro groups is 1. The third-order valence-corrected chi connectivity index (χ3v) is 4.59. The van der Waals surface area contributed by atoms with Crippen molar-refractivity contribution in [1.82, 2.24) is 4.90 Å². The first kappa shape index (κ1) is 14.6. The van der Waals surface area contributed by atoms with E-state index < -0.39 is 28.7 Å². The number of likely N-dealkylation sites (tertiary alicyclic amines) is 1. The largest absolute Gasteiger partial charge is 0.480 e. The molecule has 1 saturated carbocycles. The van der Waals surface area contributed by atoms with E-state index in [9.17, 15) is 24.8 Å². The summed E-state index contributed by atoms with van der Waals surface area (Å²) in [5.74, 6) is -2.12. The molecule has 2 heterocycles. The lowest BCUT2D eigenvalue weighted by molar-refractivity contribution is -0.402. The van der Waals surface area contributed by atoms with Crippen molar-refractivity contribution in [2.45, 2.75) is 44.2 Å². The van der Waals surface area contributed by atoms with E-state index in [1.807, 2.05) is 0 Å². The van der Waals surface area contributed by atoms with Crippen LogP contribution in [0.25, 0.3) is 0 Å². The number of nitrogens with zero attached hydrogens (tertiary/aromatic N) is 2. The molecule has 3 atom stereocenters. The average molecular weight is 308 g/mol. The van der Waals surface area contributed by atoms with Crippen LogP contribution in [-0.2, 0) is 4.79 Å². The Morgan fingerprint density at radius 2 is 2.05 bits per heavy atom. The molecule has 1 aromatic rings. The maximum absolute atomic E-state index is 12.6. The molecule has 8 heteroatoms. The molecule has 3 rings (SSSR count). The Morgan fingerprint density at radius 1 is 1.32 bits per heavy atom. The lowest BCUT2D eigenvalue weighted by Gasteiger charge is -2.32. The zero-order valence-corrected chi connectivity index (χ0v) is 11.8. The molecule has 22 heavy (non-hydrogen) atoms. The van der Waals surface area contributed by atoms with E-state index in [2.05, 4.69) is 0 Å². The summed E-state index contributed by atoms with van der Waals surface area (Å²) in [6.45, 7) is 0. The summed E-state index contributed by atoms with van der Waals surface area (Å²) < 4.78 is 4.94. The number of hydrogen-bond donors (Lipinski definition) is 1. The van der Waals surface area contributed by atoms with Gasteiger partial charge in [0.15, 0.2) is 5.76 Å². The lowest BCUT2D eigenvalue weighted by Crippen LogP contribution is -2.46. The number of aliphatic carboxylic acids is 1. The van der Waals surface area contributed by atoms with E-state index >= 15 is 0 Å². The normalized spacial score (nSPS) is 27.5. The minimum absolute atomic E-state index is 0.119. The molecule has 1 saturated heterocycles. The molecule has 2 fully saturated rings. The van der Waals surface area contributed by atoms with E-state index in [0.717, 1.165) is 31.7 Å². The number of furan rings is 1. The molecule has 1 aromatic heterocycles. The molecule has 0 spiro atoms. The van der Waals surface area contributed by atoms with Crippen molar-refractivity contribution in [2.75, 3.05) is 0 Å². The third-order valence-electron chi connectivity index (χ3n) is 4.59. The number of amides is 1. The predicted molar refractivity (Wildman–Crippen MR) is 73.3 cm³/mol. The van der Waals surface area contributed by atoms with Crippen LogP contribution in [0.5, 0.6) is 0 Å². The fourth-order valence-electron chi connectivity index (χ4n) is 3.64. The van der Waals surface area contributed by atoms with Gasteiger partial charge < -0.3 is 14.4 Å². The minimum Gasteiger partial charge on any atom is -0.480 e. The summed E-state index contributed by atoms with van der Waals surface area (Å²) in [6.07, 6.45) is 4.12. The standard InChI is InChI=1S/C14H16N2O6/c17-13(11-5-6-12(22-11)16(20)21)15-9-4-2-1-3-8(9)7-10(15)14(18)19/h5-6,8-10H,1-4,7H2,(H,18,19). The number of carbonyl (C=O) groups excluding carboxylic acids is 1. The van der Waals surface area contributed by atoms with Gasteiger partial charge in [-0.15, -0.1) is 0 Å². The summed E-state index contributed by atoms with van der Waals surface area (Å²) >= 11 is 0. The van der Waals surface area contributed by atoms with E-state index in [1.165, 1.54) is 11.0 Å². The Hall–Kier alpha value is -2.38. The maximum Gasteiger partial charge on any atom is 0.433 e. The molecular weight excluding hydrogens is 292 g/mol. The van der Waals surface area contributed by atoms with Crippen LogP contribution in [0, 0.1) is 16.0 Å². The van der Waals surface area contributed by atoms with Gasteiger partial charge in [0.05, 0.1) is 6.07 Å². The van der Waals surface area contributed by atoms with Gasteiger partial charge in [-0.05, 0) is 31.2 Å². The minimum atomic E-state index is -1.04. The molecule has 0 aromatic carbocycles. The van der Waals surface area contributed by atoms with Gasteiger partial charge in [0.2, 0.25) is 0 Å². The number of hydrogen-bond acceptors (Lipinski definition) is 5. The van der Waals surface area contributed by atoms with Crippen molar-refractivity contribution in [3.05, 3.63) is 28.0 Å². The first-order chi connectivity index (χ1) is 10.5. The van der Waals surface area contributed by atoms with Crippen molar-refractivity contribution < 1.29 is 24.0 Å². The zero-order chi connectivity index (χ0) is 15.9. The molecule has 1 aliphatic carbocycles. The van der Waals surface area contributed by atoms with Gasteiger partial charge in [-0.1, -0.05) is 12.8 Å². The van der Waals surface area contributed by atoms with E-state index in [4.69, 9.17) is 4.42 Å². The van der Waals surface area contributed by atoms with Gasteiger partial charge in [-0.3, -0.25) is 14.9 Å². The molecule has 0 radical (unpaired) electrons. The third kappa shape index (κ3) is 2.34. The Morgan fingerprint density at radius 3 is 2.68 bits per heavy atom. The molecule has 1 aliphatic heterocycles. The summed E-state index contributed by atoms with van der Waals surface area (Å²) in [5.41, 5.74) is 0. The Labute approximate surface area is 125 Å². The summed E-state index contributed by atoms with van der Waals surface area (Å²) in [5, 5.41) is 20.0. The van der Waals surface area contributed by atoms with Gasteiger partial charge in [0, 0.05) is 6.04 Å².